The minimum atomic E-state index is -3.45. The van der Waals surface area contributed by atoms with Crippen molar-refractivity contribution in [1.82, 2.24) is 4.98 Å². The molecule has 0 amide bonds. The van der Waals surface area contributed by atoms with Gasteiger partial charge in [-0.2, -0.15) is 0 Å². The molecule has 1 aliphatic rings. The van der Waals surface area contributed by atoms with Crippen LogP contribution in [-0.2, 0) is 28.6 Å². The molecule has 112 valence electrons. The molecule has 1 N–H and O–H groups in total. The van der Waals surface area contributed by atoms with Gasteiger partial charge in [0.2, 0.25) is 10.0 Å². The van der Waals surface area contributed by atoms with Gasteiger partial charge >= 0.3 is 0 Å². The molecular weight excluding hydrogens is 328 g/mol. The second-order valence-electron chi connectivity index (χ2n) is 5.08. The Labute approximate surface area is 133 Å². The molecule has 0 unspecified atom stereocenters. The highest BCUT2D eigenvalue weighted by Crippen LogP contribution is 2.30. The summed E-state index contributed by atoms with van der Waals surface area (Å²) in [6.45, 7) is 0. The Morgan fingerprint density at radius 2 is 1.90 bits per heavy atom. The molecule has 1 aliphatic carbocycles. The van der Waals surface area contributed by atoms with E-state index in [-0.39, 0.29) is 5.75 Å². The average molecular weight is 343 g/mol. The number of rotatable bonds is 4. The molecule has 0 radical (unpaired) electrons. The molecule has 2 aromatic rings. The van der Waals surface area contributed by atoms with E-state index in [0.29, 0.717) is 15.7 Å². The second-order valence-corrected chi connectivity index (χ2v) is 8.33. The van der Waals surface area contributed by atoms with Crippen molar-refractivity contribution in [2.24, 2.45) is 0 Å². The third kappa shape index (κ3) is 3.75. The maximum atomic E-state index is 12.2. The fourth-order valence-corrected chi connectivity index (χ4v) is 4.95. The highest BCUT2D eigenvalue weighted by atomic mass is 35.5. The van der Waals surface area contributed by atoms with E-state index in [1.807, 2.05) is 0 Å². The zero-order valence-corrected chi connectivity index (χ0v) is 13.7. The highest BCUT2D eigenvalue weighted by Gasteiger charge is 2.19. The number of anilines is 1. The van der Waals surface area contributed by atoms with E-state index in [1.165, 1.54) is 16.2 Å². The molecular formula is C14H15ClN2O2S2. The van der Waals surface area contributed by atoms with Crippen molar-refractivity contribution < 1.29 is 8.42 Å². The monoisotopic (exact) mass is 342 g/mol. The summed E-state index contributed by atoms with van der Waals surface area (Å²) in [5.41, 5.74) is 1.75. The summed E-state index contributed by atoms with van der Waals surface area (Å²) in [6.07, 6.45) is 4.25. The summed E-state index contributed by atoms with van der Waals surface area (Å²) >= 11 is 7.25. The second kappa shape index (κ2) is 5.94. The predicted octanol–water partition coefficient (Wildman–Crippen LogP) is 3.62. The molecule has 0 aliphatic heterocycles. The number of aromatic nitrogens is 1. The van der Waals surface area contributed by atoms with Crippen LogP contribution in [0.5, 0.6) is 0 Å². The van der Waals surface area contributed by atoms with E-state index < -0.39 is 10.0 Å². The Morgan fingerprint density at radius 3 is 2.62 bits per heavy atom. The van der Waals surface area contributed by atoms with E-state index in [2.05, 4.69) is 9.71 Å². The number of aryl methyl sites for hydroxylation is 2. The molecule has 7 heteroatoms. The summed E-state index contributed by atoms with van der Waals surface area (Å²) in [7, 11) is -3.45. The van der Waals surface area contributed by atoms with Gasteiger partial charge in [0.1, 0.15) is 0 Å². The zero-order valence-electron chi connectivity index (χ0n) is 11.3. The quantitative estimate of drug-likeness (QED) is 0.923. The van der Waals surface area contributed by atoms with E-state index in [1.54, 1.807) is 24.3 Å². The van der Waals surface area contributed by atoms with E-state index >= 15 is 0 Å². The van der Waals surface area contributed by atoms with E-state index in [9.17, 15) is 8.42 Å². The molecule has 21 heavy (non-hydrogen) atoms. The number of sulfonamides is 1. The number of hydrogen-bond donors (Lipinski definition) is 1. The molecule has 0 saturated heterocycles. The van der Waals surface area contributed by atoms with Crippen LogP contribution in [0.3, 0.4) is 0 Å². The number of thiazole rings is 1. The zero-order chi connectivity index (χ0) is 14.9. The lowest BCUT2D eigenvalue weighted by Gasteiger charge is -2.06. The van der Waals surface area contributed by atoms with E-state index in [0.717, 1.165) is 31.4 Å². The Hall–Kier alpha value is -1.11. The summed E-state index contributed by atoms with van der Waals surface area (Å²) in [6, 6.07) is 6.81. The summed E-state index contributed by atoms with van der Waals surface area (Å²) < 4.78 is 27.0. The van der Waals surface area contributed by atoms with Crippen molar-refractivity contribution >= 4 is 38.1 Å². The lowest BCUT2D eigenvalue weighted by Crippen LogP contribution is -2.15. The maximum absolute atomic E-state index is 12.2. The fourth-order valence-electron chi connectivity index (χ4n) is 2.36. The van der Waals surface area contributed by atoms with Gasteiger partial charge in [0.25, 0.3) is 0 Å². The van der Waals surface area contributed by atoms with Gasteiger partial charge in [-0.25, -0.2) is 13.4 Å². The fraction of sp³-hybridized carbons (Fsp3) is 0.357. The van der Waals surface area contributed by atoms with Crippen LogP contribution in [-0.4, -0.2) is 13.4 Å². The van der Waals surface area contributed by atoms with Crippen LogP contribution in [0.4, 0.5) is 5.13 Å². The lowest BCUT2D eigenvalue weighted by molar-refractivity contribution is 0.600. The van der Waals surface area contributed by atoms with Gasteiger partial charge in [0.15, 0.2) is 5.13 Å². The van der Waals surface area contributed by atoms with Crippen molar-refractivity contribution in [1.29, 1.82) is 0 Å². The smallest absolute Gasteiger partial charge is 0.238 e. The van der Waals surface area contributed by atoms with Crippen molar-refractivity contribution in [3.8, 4) is 0 Å². The molecule has 0 fully saturated rings. The standard InChI is InChI=1S/C14H15ClN2O2S2/c15-11-7-5-10(6-8-11)9-21(18,19)17-14-16-12-3-1-2-4-13(12)20-14/h5-8H,1-4,9H2,(H,16,17). The molecule has 1 heterocycles. The number of benzene rings is 1. The summed E-state index contributed by atoms with van der Waals surface area (Å²) in [5.74, 6) is -0.0750. The average Bonchev–Trinajstić information content (AvgIpc) is 2.82. The number of nitrogens with zero attached hydrogens (tertiary/aromatic N) is 1. The van der Waals surface area contributed by atoms with Crippen molar-refractivity contribution in [2.45, 2.75) is 31.4 Å². The molecule has 4 nitrogen and oxygen atoms in total. The van der Waals surface area contributed by atoms with Gasteiger partial charge in [-0.05, 0) is 43.4 Å². The van der Waals surface area contributed by atoms with Gasteiger partial charge < -0.3 is 0 Å². The van der Waals surface area contributed by atoms with Crippen LogP contribution in [0, 0.1) is 0 Å². The SMILES string of the molecule is O=S(=O)(Cc1ccc(Cl)cc1)Nc1nc2c(s1)CCCC2. The minimum absolute atomic E-state index is 0.0750. The molecule has 0 spiro atoms. The van der Waals surface area contributed by atoms with Gasteiger partial charge in [-0.15, -0.1) is 11.3 Å². The van der Waals surface area contributed by atoms with Crippen LogP contribution in [0.15, 0.2) is 24.3 Å². The minimum Gasteiger partial charge on any atom is -0.258 e. The maximum Gasteiger partial charge on any atom is 0.238 e. The molecule has 0 atom stereocenters. The molecule has 0 saturated carbocycles. The largest absolute Gasteiger partial charge is 0.258 e. The van der Waals surface area contributed by atoms with Crippen molar-refractivity contribution in [3.05, 3.63) is 45.4 Å². The highest BCUT2D eigenvalue weighted by molar-refractivity contribution is 7.92. The van der Waals surface area contributed by atoms with Gasteiger partial charge in [0.05, 0.1) is 11.4 Å². The first kappa shape index (κ1) is 14.8. The predicted molar refractivity (Wildman–Crippen MR) is 86.5 cm³/mol. The third-order valence-corrected chi connectivity index (χ3v) is 6.03. The molecule has 3 rings (SSSR count). The van der Waals surface area contributed by atoms with Gasteiger partial charge in [0, 0.05) is 9.90 Å². The van der Waals surface area contributed by atoms with E-state index in [4.69, 9.17) is 11.6 Å². The Bertz CT molecular complexity index is 715. The van der Waals surface area contributed by atoms with Crippen LogP contribution < -0.4 is 4.72 Å². The Kier molecular flexibility index (Phi) is 4.19. The number of nitrogens with one attached hydrogen (secondary N) is 1. The molecule has 0 bridgehead atoms. The Morgan fingerprint density at radius 1 is 1.19 bits per heavy atom. The number of halogens is 1. The van der Waals surface area contributed by atoms with Crippen molar-refractivity contribution in [3.63, 3.8) is 0 Å². The van der Waals surface area contributed by atoms with Gasteiger partial charge in [-0.1, -0.05) is 23.7 Å². The summed E-state index contributed by atoms with van der Waals surface area (Å²) in [5, 5.41) is 1.08. The first-order valence-electron chi connectivity index (χ1n) is 6.75. The van der Waals surface area contributed by atoms with Crippen LogP contribution >= 0.6 is 22.9 Å². The normalized spacial score (nSPS) is 14.7. The van der Waals surface area contributed by atoms with Crippen LogP contribution in [0.25, 0.3) is 0 Å². The third-order valence-electron chi connectivity index (χ3n) is 3.36. The van der Waals surface area contributed by atoms with Crippen LogP contribution in [0.2, 0.25) is 5.02 Å². The molecule has 1 aromatic carbocycles. The summed E-state index contributed by atoms with van der Waals surface area (Å²) in [4.78, 5) is 5.61. The number of fused-ring (bicyclic) bond motifs is 1. The topological polar surface area (TPSA) is 59.1 Å². The number of hydrogen-bond acceptors (Lipinski definition) is 4. The Balaban J connectivity index is 1.73. The first-order chi connectivity index (χ1) is 10.0. The molecule has 1 aromatic heterocycles. The van der Waals surface area contributed by atoms with Crippen LogP contribution in [0.1, 0.15) is 29.0 Å². The first-order valence-corrected chi connectivity index (χ1v) is 9.60. The van der Waals surface area contributed by atoms with Gasteiger partial charge in [-0.3, -0.25) is 4.72 Å². The van der Waals surface area contributed by atoms with Crippen molar-refractivity contribution in [2.75, 3.05) is 4.72 Å². The lowest BCUT2D eigenvalue weighted by atomic mass is 10.0.